The molecule has 130 valence electrons. The van der Waals surface area contributed by atoms with Gasteiger partial charge in [-0.3, -0.25) is 4.79 Å². The van der Waals surface area contributed by atoms with Crippen molar-refractivity contribution in [2.24, 2.45) is 11.8 Å². The Balaban J connectivity index is 1.89. The van der Waals surface area contributed by atoms with Gasteiger partial charge in [-0.05, 0) is 11.8 Å². The van der Waals surface area contributed by atoms with Gasteiger partial charge in [0, 0.05) is 38.8 Å². The minimum atomic E-state index is -2.57. The van der Waals surface area contributed by atoms with Crippen molar-refractivity contribution in [3.8, 4) is 0 Å². The summed E-state index contributed by atoms with van der Waals surface area (Å²) < 4.78 is 25.9. The van der Waals surface area contributed by atoms with Crippen molar-refractivity contribution < 1.29 is 13.6 Å². The predicted octanol–water partition coefficient (Wildman–Crippen LogP) is 2.44. The number of nitrogens with one attached hydrogen (secondary N) is 1. The van der Waals surface area contributed by atoms with E-state index in [1.54, 1.807) is 4.90 Å². The van der Waals surface area contributed by atoms with Crippen LogP contribution >= 0.6 is 0 Å². The molecule has 0 atom stereocenters. The van der Waals surface area contributed by atoms with Crippen LogP contribution < -0.4 is 0 Å². The maximum Gasteiger partial charge on any atom is 0.248 e. The number of hydrogen-bond acceptors (Lipinski definition) is 4. The van der Waals surface area contributed by atoms with Gasteiger partial charge >= 0.3 is 0 Å². The predicted molar refractivity (Wildman–Crippen MR) is 80.8 cm³/mol. The van der Waals surface area contributed by atoms with Crippen molar-refractivity contribution in [1.82, 2.24) is 25.5 Å². The van der Waals surface area contributed by atoms with Gasteiger partial charge in [-0.25, -0.2) is 8.78 Å². The monoisotopic (exact) mass is 329 g/mol. The van der Waals surface area contributed by atoms with Gasteiger partial charge in [0.25, 0.3) is 0 Å². The summed E-state index contributed by atoms with van der Waals surface area (Å²) in [6.45, 7) is 5.36. The Kier molecular flexibility index (Phi) is 6.01. The van der Waals surface area contributed by atoms with Crippen molar-refractivity contribution in [3.63, 3.8) is 0 Å². The first-order valence-electron chi connectivity index (χ1n) is 8.31. The molecule has 0 bridgehead atoms. The minimum Gasteiger partial charge on any atom is -0.342 e. The number of rotatable bonds is 9. The van der Waals surface area contributed by atoms with Gasteiger partial charge in [0.05, 0.1) is 0 Å². The van der Waals surface area contributed by atoms with E-state index >= 15 is 0 Å². The number of carbonyl (C=O) groups excluding carboxylic acids is 1. The number of amides is 1. The molecule has 0 spiro atoms. The molecule has 1 heterocycles. The number of hydrogen-bond donors (Lipinski definition) is 1. The molecule has 1 N–H and O–H groups in total. The second-order valence-electron chi connectivity index (χ2n) is 6.43. The molecule has 1 aliphatic carbocycles. The highest BCUT2D eigenvalue weighted by Gasteiger charge is 2.46. The van der Waals surface area contributed by atoms with E-state index in [1.165, 1.54) is 0 Å². The largest absolute Gasteiger partial charge is 0.342 e. The number of aromatic amines is 1. The summed E-state index contributed by atoms with van der Waals surface area (Å²) in [7, 11) is 0. The SMILES string of the molecule is CCC(CC)CN(CCc1nn[nH]n1)C(=O)CC1CC(F)(F)C1. The molecular weight excluding hydrogens is 304 g/mol. The number of nitrogens with zero attached hydrogens (tertiary/aromatic N) is 4. The van der Waals surface area contributed by atoms with Crippen LogP contribution in [0.5, 0.6) is 0 Å². The molecule has 0 radical (unpaired) electrons. The standard InChI is InChI=1S/C15H25F2N5O/c1-3-11(4-2)10-22(6-5-13-18-20-21-19-13)14(23)7-12-8-15(16,17)9-12/h11-12H,3-10H2,1-2H3,(H,18,19,20,21). The third-order valence-electron chi connectivity index (χ3n) is 4.62. The summed E-state index contributed by atoms with van der Waals surface area (Å²) in [5.41, 5.74) is 0. The van der Waals surface area contributed by atoms with Crippen molar-refractivity contribution >= 4 is 5.91 Å². The molecule has 23 heavy (non-hydrogen) atoms. The van der Waals surface area contributed by atoms with E-state index in [0.717, 1.165) is 12.8 Å². The molecule has 6 nitrogen and oxygen atoms in total. The van der Waals surface area contributed by atoms with Crippen LogP contribution in [0.1, 0.15) is 51.8 Å². The first-order chi connectivity index (χ1) is 10.9. The minimum absolute atomic E-state index is 0.0408. The third kappa shape index (κ3) is 5.21. The molecule has 1 aromatic heterocycles. The van der Waals surface area contributed by atoms with E-state index < -0.39 is 5.92 Å². The highest BCUT2D eigenvalue weighted by molar-refractivity contribution is 5.76. The number of tetrazole rings is 1. The van der Waals surface area contributed by atoms with Crippen LogP contribution in [0.4, 0.5) is 8.78 Å². The molecule has 1 amide bonds. The van der Waals surface area contributed by atoms with E-state index in [1.807, 2.05) is 0 Å². The van der Waals surface area contributed by atoms with E-state index in [2.05, 4.69) is 34.5 Å². The summed E-state index contributed by atoms with van der Waals surface area (Å²) in [6, 6.07) is 0. The molecule has 1 fully saturated rings. The number of alkyl halides is 2. The van der Waals surface area contributed by atoms with E-state index in [9.17, 15) is 13.6 Å². The lowest BCUT2D eigenvalue weighted by Crippen LogP contribution is -2.42. The molecular formula is C15H25F2N5O. The fourth-order valence-electron chi connectivity index (χ4n) is 3.01. The van der Waals surface area contributed by atoms with Crippen LogP contribution in [0.3, 0.4) is 0 Å². The zero-order valence-corrected chi connectivity index (χ0v) is 13.8. The average Bonchev–Trinajstić information content (AvgIpc) is 2.99. The van der Waals surface area contributed by atoms with Gasteiger partial charge in [0.1, 0.15) is 0 Å². The lowest BCUT2D eigenvalue weighted by Gasteiger charge is -2.36. The maximum atomic E-state index is 12.9. The van der Waals surface area contributed by atoms with Gasteiger partial charge in [-0.2, -0.15) is 5.21 Å². The highest BCUT2D eigenvalue weighted by atomic mass is 19.3. The lowest BCUT2D eigenvalue weighted by molar-refractivity contribution is -0.142. The normalized spacial score (nSPS) is 17.3. The van der Waals surface area contributed by atoms with Crippen molar-refractivity contribution in [2.45, 2.75) is 58.3 Å². The first-order valence-corrected chi connectivity index (χ1v) is 8.31. The molecule has 0 saturated heterocycles. The Hall–Kier alpha value is -1.60. The summed E-state index contributed by atoms with van der Waals surface area (Å²) in [4.78, 5) is 14.3. The van der Waals surface area contributed by atoms with Gasteiger partial charge in [0.2, 0.25) is 11.8 Å². The molecule has 0 unspecified atom stereocenters. The molecule has 0 aromatic carbocycles. The Morgan fingerprint density at radius 1 is 1.39 bits per heavy atom. The van der Waals surface area contributed by atoms with Gasteiger partial charge in [0.15, 0.2) is 5.82 Å². The van der Waals surface area contributed by atoms with Crippen molar-refractivity contribution in [1.29, 1.82) is 0 Å². The van der Waals surface area contributed by atoms with E-state index in [0.29, 0.717) is 31.3 Å². The number of halogens is 2. The van der Waals surface area contributed by atoms with Crippen LogP contribution in [0.25, 0.3) is 0 Å². The van der Waals surface area contributed by atoms with Gasteiger partial charge in [-0.1, -0.05) is 31.9 Å². The molecule has 0 aliphatic heterocycles. The molecule has 1 aliphatic rings. The Bertz CT molecular complexity index is 482. The van der Waals surface area contributed by atoms with Crippen molar-refractivity contribution in [3.05, 3.63) is 5.82 Å². The fourth-order valence-corrected chi connectivity index (χ4v) is 3.01. The number of aromatic nitrogens is 4. The quantitative estimate of drug-likeness (QED) is 0.755. The summed E-state index contributed by atoms with van der Waals surface area (Å²) in [5.74, 6) is -1.82. The fraction of sp³-hybridized carbons (Fsp3) is 0.867. The Morgan fingerprint density at radius 2 is 2.09 bits per heavy atom. The summed E-state index contributed by atoms with van der Waals surface area (Å²) in [5, 5.41) is 13.7. The molecule has 2 rings (SSSR count). The second kappa shape index (κ2) is 7.79. The second-order valence-corrected chi connectivity index (χ2v) is 6.43. The number of H-pyrrole nitrogens is 1. The Morgan fingerprint density at radius 3 is 2.61 bits per heavy atom. The summed E-state index contributed by atoms with van der Waals surface area (Å²) in [6.07, 6.45) is 2.38. The van der Waals surface area contributed by atoms with Crippen LogP contribution in [0.15, 0.2) is 0 Å². The van der Waals surface area contributed by atoms with Crippen LogP contribution in [0, 0.1) is 11.8 Å². The maximum absolute atomic E-state index is 12.9. The van der Waals surface area contributed by atoms with E-state index in [4.69, 9.17) is 0 Å². The highest BCUT2D eigenvalue weighted by Crippen LogP contribution is 2.44. The zero-order valence-electron chi connectivity index (χ0n) is 13.8. The zero-order chi connectivity index (χ0) is 16.9. The van der Waals surface area contributed by atoms with Crippen LogP contribution in [-0.4, -0.2) is 50.4 Å². The first kappa shape index (κ1) is 17.7. The molecule has 1 aromatic rings. The van der Waals surface area contributed by atoms with Crippen LogP contribution in [-0.2, 0) is 11.2 Å². The number of carbonyl (C=O) groups is 1. The van der Waals surface area contributed by atoms with Crippen molar-refractivity contribution in [2.75, 3.05) is 13.1 Å². The molecule has 8 heteroatoms. The van der Waals surface area contributed by atoms with E-state index in [-0.39, 0.29) is 31.1 Å². The van der Waals surface area contributed by atoms with Gasteiger partial charge in [-0.15, -0.1) is 10.2 Å². The summed E-state index contributed by atoms with van der Waals surface area (Å²) >= 11 is 0. The smallest absolute Gasteiger partial charge is 0.248 e. The molecule has 1 saturated carbocycles. The lowest BCUT2D eigenvalue weighted by atomic mass is 9.79. The van der Waals surface area contributed by atoms with Gasteiger partial charge < -0.3 is 4.90 Å². The van der Waals surface area contributed by atoms with Crippen LogP contribution in [0.2, 0.25) is 0 Å². The average molecular weight is 329 g/mol. The topological polar surface area (TPSA) is 74.8 Å². The third-order valence-corrected chi connectivity index (χ3v) is 4.62. The Labute approximate surface area is 135 Å².